The highest BCUT2D eigenvalue weighted by atomic mass is 32.1. The molecule has 16 heteroatoms. The average Bonchev–Trinajstić information content (AvgIpc) is 4.56. The van der Waals surface area contributed by atoms with E-state index in [1.807, 2.05) is 0 Å². The van der Waals surface area contributed by atoms with Crippen LogP contribution in [-0.4, -0.2) is 76.0 Å². The summed E-state index contributed by atoms with van der Waals surface area (Å²) in [5.41, 5.74) is 9.08. The maximum absolute atomic E-state index is 10.6. The molecule has 0 aromatic carbocycles. The van der Waals surface area contributed by atoms with Crippen molar-refractivity contribution in [1.29, 1.82) is 21.0 Å². The lowest BCUT2D eigenvalue weighted by Crippen LogP contribution is -2.38. The van der Waals surface area contributed by atoms with Gasteiger partial charge in [-0.15, -0.1) is 45.3 Å². The second-order valence-corrected chi connectivity index (χ2v) is 26.8. The maximum atomic E-state index is 10.6. The number of nitriles is 4. The second kappa shape index (κ2) is 30.0. The molecule has 12 nitrogen and oxygen atoms in total. The van der Waals surface area contributed by atoms with Crippen molar-refractivity contribution in [3.63, 3.8) is 0 Å². The third-order valence-electron chi connectivity index (χ3n) is 16.5. The minimum absolute atomic E-state index is 0.105. The highest BCUT2D eigenvalue weighted by Crippen LogP contribution is 2.47. The van der Waals surface area contributed by atoms with Gasteiger partial charge in [0.25, 0.3) is 0 Å². The van der Waals surface area contributed by atoms with Gasteiger partial charge < -0.3 is 37.9 Å². The van der Waals surface area contributed by atoms with Crippen molar-refractivity contribution >= 4 is 56.5 Å². The van der Waals surface area contributed by atoms with E-state index in [1.165, 1.54) is 22.3 Å². The predicted molar refractivity (Wildman–Crippen MR) is 326 cm³/mol. The molecule has 8 rings (SSSR count). The van der Waals surface area contributed by atoms with Crippen LogP contribution in [0, 0.1) is 72.5 Å². The van der Waals surface area contributed by atoms with Crippen molar-refractivity contribution in [1.82, 2.24) is 0 Å². The number of rotatable bonds is 32. The van der Waals surface area contributed by atoms with Gasteiger partial charge in [0, 0.05) is 78.6 Å². The van der Waals surface area contributed by atoms with Gasteiger partial charge >= 0.3 is 0 Å². The Balaban J connectivity index is 1.54. The van der Waals surface area contributed by atoms with E-state index in [0.717, 1.165) is 152 Å². The predicted octanol–water partition coefficient (Wildman–Crippen LogP) is 13.9. The van der Waals surface area contributed by atoms with E-state index in [2.05, 4.69) is 79.7 Å². The van der Waals surface area contributed by atoms with Gasteiger partial charge in [-0.1, -0.05) is 107 Å². The SMILES string of the molecule is CCCCOC1(OCCCC)Cc2c(/c(=c3/s/c(=c4\s/c(=c5/sc(=C(C#N)C#N)c6c5CC(OCCCC)(OCCCC)C6)c5c4CC(OCCCC)(OCCCC)C5)c4c3CC(OCCCC)(OCCCC)C4)sc2=C(C#N)C#N)C1. The van der Waals surface area contributed by atoms with Crippen LogP contribution in [0.15, 0.2) is 0 Å². The third-order valence-corrected chi connectivity index (χ3v) is 22.1. The lowest BCUT2D eigenvalue weighted by molar-refractivity contribution is -0.232. The number of hydrogen-bond donors (Lipinski definition) is 0. The van der Waals surface area contributed by atoms with Gasteiger partial charge in [0.2, 0.25) is 0 Å². The van der Waals surface area contributed by atoms with Crippen molar-refractivity contribution in [2.45, 2.75) is 233 Å². The second-order valence-electron chi connectivity index (χ2n) is 22.7. The Labute approximate surface area is 502 Å². The fourth-order valence-corrected chi connectivity index (χ4v) is 17.7. The molecule has 4 aliphatic carbocycles. The number of nitrogens with zero attached hydrogens (tertiary/aromatic N) is 4. The van der Waals surface area contributed by atoms with Crippen molar-refractivity contribution in [3.8, 4) is 24.3 Å². The van der Waals surface area contributed by atoms with Crippen LogP contribution < -0.4 is 9.06 Å². The fraction of sp³-hybridized carbons (Fsp3) is 0.667. The minimum Gasteiger partial charge on any atom is -0.349 e. The number of fused-ring (bicyclic) bond motifs is 4. The van der Waals surface area contributed by atoms with Crippen LogP contribution in [-0.2, 0) is 89.3 Å². The van der Waals surface area contributed by atoms with Gasteiger partial charge in [0.15, 0.2) is 23.1 Å². The lowest BCUT2D eigenvalue weighted by atomic mass is 10.1. The Morgan fingerprint density at radius 3 is 0.646 bits per heavy atom. The standard InChI is InChI=1S/C66H88N4O8S4/c1-9-17-25-71-63(72-26-18-10-2)33-47-49(35-63)57(79-55(47)45(41-67)42-68)59-51-37-65(75-29-21-13-5,76-30-22-14-6)39-53(51)61(81-59)62-54-40-66(77-31-23-15-7,78-32-24-16-8)38-52(54)60(82-62)58-50-36-64(73-27-19-11-3,74-28-20-12-4)34-48(50)56(80-58)46(43-69)44-70/h9-40H2,1-8H3/b59-57-,60-58+,62-61-. The average molecular weight is 1190 g/mol. The molecular weight excluding hydrogens is 1110 g/mol. The molecule has 4 aromatic heterocycles. The first kappa shape index (κ1) is 64.2. The van der Waals surface area contributed by atoms with Crippen LogP contribution >= 0.6 is 45.3 Å². The number of hydrogen-bond acceptors (Lipinski definition) is 16. The molecule has 4 aliphatic rings. The molecule has 444 valence electrons. The maximum Gasteiger partial charge on any atom is 0.176 e. The Hall–Kier alpha value is -3.82. The molecule has 0 atom stereocenters. The quantitative estimate of drug-likeness (QED) is 0.0335. The normalized spacial score (nSPS) is 17.9. The summed E-state index contributed by atoms with van der Waals surface area (Å²) in [5.74, 6) is -3.63. The van der Waals surface area contributed by atoms with Crippen LogP contribution in [0.25, 0.3) is 11.1 Å². The van der Waals surface area contributed by atoms with Gasteiger partial charge in [-0.05, 0) is 95.9 Å². The summed E-state index contributed by atoms with van der Waals surface area (Å²) in [6.07, 6.45) is 19.3. The Bertz CT molecular complexity index is 3160. The third kappa shape index (κ3) is 13.9. The zero-order valence-corrected chi connectivity index (χ0v) is 53.6. The first-order valence-corrected chi connectivity index (χ1v) is 34.3. The molecule has 4 aromatic rings. The summed E-state index contributed by atoms with van der Waals surface area (Å²) in [7, 11) is 0. The highest BCUT2D eigenvalue weighted by Gasteiger charge is 2.47. The van der Waals surface area contributed by atoms with Crippen molar-refractivity contribution < 1.29 is 37.9 Å². The van der Waals surface area contributed by atoms with E-state index in [4.69, 9.17) is 37.9 Å². The Morgan fingerprint density at radius 2 is 0.463 bits per heavy atom. The van der Waals surface area contributed by atoms with E-state index in [9.17, 15) is 21.0 Å². The molecule has 0 N–H and O–H groups in total. The van der Waals surface area contributed by atoms with Crippen LogP contribution in [0.3, 0.4) is 0 Å². The largest absolute Gasteiger partial charge is 0.349 e. The first-order valence-electron chi connectivity index (χ1n) is 31.0. The highest BCUT2D eigenvalue weighted by molar-refractivity contribution is 7.14. The van der Waals surface area contributed by atoms with Gasteiger partial charge in [0.05, 0.1) is 61.9 Å². The van der Waals surface area contributed by atoms with Crippen LogP contribution in [0.2, 0.25) is 0 Å². The molecule has 0 saturated heterocycles. The molecule has 0 fully saturated rings. The van der Waals surface area contributed by atoms with Crippen LogP contribution in [0.5, 0.6) is 0 Å². The first-order chi connectivity index (χ1) is 40.0. The number of thiophene rings is 4. The zero-order chi connectivity index (χ0) is 58.3. The fourth-order valence-electron chi connectivity index (χ4n) is 11.9. The summed E-state index contributed by atoms with van der Waals surface area (Å²) in [5, 5.41) is 42.4. The molecule has 0 aliphatic heterocycles. The van der Waals surface area contributed by atoms with Gasteiger partial charge in [-0.3, -0.25) is 0 Å². The summed E-state index contributed by atoms with van der Waals surface area (Å²) in [6.45, 7) is 21.9. The molecule has 82 heavy (non-hydrogen) atoms. The topological polar surface area (TPSA) is 169 Å². The van der Waals surface area contributed by atoms with Gasteiger partial charge in [-0.2, -0.15) is 21.0 Å². The van der Waals surface area contributed by atoms with Gasteiger partial charge in [-0.25, -0.2) is 0 Å². The Morgan fingerprint density at radius 1 is 0.293 bits per heavy atom. The van der Waals surface area contributed by atoms with E-state index >= 15 is 0 Å². The molecular formula is C66H88N4O8S4. The molecule has 0 spiro atoms. The van der Waals surface area contributed by atoms with Crippen LogP contribution in [0.1, 0.15) is 203 Å². The van der Waals surface area contributed by atoms with E-state index in [1.54, 1.807) is 45.3 Å². The smallest absolute Gasteiger partial charge is 0.176 e. The molecule has 0 amide bonds. The van der Waals surface area contributed by atoms with E-state index in [-0.39, 0.29) is 11.1 Å². The Kier molecular flexibility index (Phi) is 23.5. The van der Waals surface area contributed by atoms with Crippen molar-refractivity contribution in [2.24, 2.45) is 0 Å². The minimum atomic E-state index is -0.918. The number of unbranched alkanes of at least 4 members (excludes halogenated alkanes) is 8. The van der Waals surface area contributed by atoms with E-state index < -0.39 is 23.1 Å². The van der Waals surface area contributed by atoms with Gasteiger partial charge in [0.1, 0.15) is 35.4 Å². The van der Waals surface area contributed by atoms with E-state index in [0.29, 0.717) is 113 Å². The molecule has 0 unspecified atom stereocenters. The summed E-state index contributed by atoms with van der Waals surface area (Å²) in [6, 6.07) is 9.11. The molecule has 4 heterocycles. The monoisotopic (exact) mass is 1190 g/mol. The summed E-state index contributed by atoms with van der Waals surface area (Å²) in [4.78, 5) is 0. The number of ether oxygens (including phenoxy) is 8. The molecule has 0 bridgehead atoms. The van der Waals surface area contributed by atoms with Crippen molar-refractivity contribution in [3.05, 3.63) is 80.8 Å². The van der Waals surface area contributed by atoms with Crippen molar-refractivity contribution in [2.75, 3.05) is 52.9 Å². The summed E-state index contributed by atoms with van der Waals surface area (Å²) >= 11 is 6.72. The molecule has 0 saturated carbocycles. The zero-order valence-electron chi connectivity index (χ0n) is 50.3. The lowest BCUT2D eigenvalue weighted by Gasteiger charge is -2.30. The summed E-state index contributed by atoms with van der Waals surface area (Å²) < 4.78 is 63.5. The molecule has 0 radical (unpaired) electrons. The van der Waals surface area contributed by atoms with Crippen LogP contribution in [0.4, 0.5) is 0 Å².